The summed E-state index contributed by atoms with van der Waals surface area (Å²) >= 11 is 0. The van der Waals surface area contributed by atoms with Crippen molar-refractivity contribution in [2.24, 2.45) is 5.92 Å². The summed E-state index contributed by atoms with van der Waals surface area (Å²) in [5.74, 6) is -0.351. The van der Waals surface area contributed by atoms with Gasteiger partial charge in [0.05, 0.1) is 12.1 Å². The first-order valence-corrected chi connectivity index (χ1v) is 8.92. The molecule has 0 aliphatic carbocycles. The molecule has 1 aromatic carbocycles. The third-order valence-electron chi connectivity index (χ3n) is 4.26. The van der Waals surface area contributed by atoms with Crippen LogP contribution in [-0.2, 0) is 16.0 Å². The maximum absolute atomic E-state index is 12.4. The number of ether oxygens (including phenoxy) is 1. The molecule has 5 heteroatoms. The molecule has 0 aromatic heterocycles. The van der Waals surface area contributed by atoms with Crippen LogP contribution in [0, 0.1) is 5.92 Å². The van der Waals surface area contributed by atoms with E-state index in [0.29, 0.717) is 12.5 Å². The van der Waals surface area contributed by atoms with Gasteiger partial charge >= 0.3 is 12.1 Å². The Labute approximate surface area is 150 Å². The summed E-state index contributed by atoms with van der Waals surface area (Å²) in [5, 5.41) is 9.21. The molecule has 1 atom stereocenters. The highest BCUT2D eigenvalue weighted by atomic mass is 16.6. The van der Waals surface area contributed by atoms with Gasteiger partial charge in [0.1, 0.15) is 5.60 Å². The van der Waals surface area contributed by atoms with Gasteiger partial charge in [-0.3, -0.25) is 9.69 Å². The molecule has 0 bridgehead atoms. The minimum atomic E-state index is -0.776. The number of carboxylic acids is 1. The molecule has 0 saturated heterocycles. The SMILES string of the molecule is CC(C)CC(CC(=O)O)c1ccc2c(c1)CCN2C(=O)OC(C)(C)C. The summed E-state index contributed by atoms with van der Waals surface area (Å²) in [4.78, 5) is 25.2. The third-order valence-corrected chi connectivity index (χ3v) is 4.26. The first-order chi connectivity index (χ1) is 11.6. The van der Waals surface area contributed by atoms with Gasteiger partial charge in [0, 0.05) is 6.54 Å². The first-order valence-electron chi connectivity index (χ1n) is 8.92. The molecule has 0 saturated carbocycles. The van der Waals surface area contributed by atoms with Crippen LogP contribution in [0.5, 0.6) is 0 Å². The fourth-order valence-electron chi connectivity index (χ4n) is 3.30. The Hall–Kier alpha value is -2.04. The molecule has 1 heterocycles. The zero-order valence-electron chi connectivity index (χ0n) is 15.8. The van der Waals surface area contributed by atoms with Crippen LogP contribution in [0.3, 0.4) is 0 Å². The Kier molecular flexibility index (Phi) is 5.76. The van der Waals surface area contributed by atoms with Crippen molar-refractivity contribution in [1.29, 1.82) is 0 Å². The van der Waals surface area contributed by atoms with Crippen LogP contribution in [-0.4, -0.2) is 29.3 Å². The quantitative estimate of drug-likeness (QED) is 0.846. The van der Waals surface area contributed by atoms with Gasteiger partial charge in [-0.2, -0.15) is 0 Å². The summed E-state index contributed by atoms with van der Waals surface area (Å²) in [7, 11) is 0. The fraction of sp³-hybridized carbons (Fsp3) is 0.600. The molecule has 1 aromatic rings. The van der Waals surface area contributed by atoms with E-state index in [1.165, 1.54) is 0 Å². The molecule has 1 aliphatic heterocycles. The number of amides is 1. The molecular weight excluding hydrogens is 318 g/mol. The van der Waals surface area contributed by atoms with Crippen LogP contribution in [0.15, 0.2) is 18.2 Å². The number of hydrogen-bond acceptors (Lipinski definition) is 3. The fourth-order valence-corrected chi connectivity index (χ4v) is 3.30. The first kappa shape index (κ1) is 19.3. The number of carboxylic acid groups (broad SMARTS) is 1. The molecule has 25 heavy (non-hydrogen) atoms. The number of hydrogen-bond donors (Lipinski definition) is 1. The van der Waals surface area contributed by atoms with Gasteiger partial charge in [-0.25, -0.2) is 4.79 Å². The van der Waals surface area contributed by atoms with Crippen LogP contribution in [0.25, 0.3) is 0 Å². The second-order valence-corrected chi connectivity index (χ2v) is 8.19. The van der Waals surface area contributed by atoms with E-state index in [-0.39, 0.29) is 18.4 Å². The number of carbonyl (C=O) groups is 2. The smallest absolute Gasteiger partial charge is 0.414 e. The number of aliphatic carboxylic acids is 1. The van der Waals surface area contributed by atoms with E-state index in [4.69, 9.17) is 4.74 Å². The van der Waals surface area contributed by atoms with Crippen molar-refractivity contribution in [3.05, 3.63) is 29.3 Å². The maximum Gasteiger partial charge on any atom is 0.414 e. The Bertz CT molecular complexity index is 646. The van der Waals surface area contributed by atoms with Crippen LogP contribution >= 0.6 is 0 Å². The highest BCUT2D eigenvalue weighted by molar-refractivity contribution is 5.90. The molecule has 0 fully saturated rings. The van der Waals surface area contributed by atoms with E-state index in [2.05, 4.69) is 19.9 Å². The highest BCUT2D eigenvalue weighted by Crippen LogP contribution is 2.35. The molecule has 0 radical (unpaired) electrons. The Morgan fingerprint density at radius 1 is 1.28 bits per heavy atom. The summed E-state index contributed by atoms with van der Waals surface area (Å²) in [6.07, 6.45) is 1.40. The predicted octanol–water partition coefficient (Wildman–Crippen LogP) is 4.59. The number of anilines is 1. The summed E-state index contributed by atoms with van der Waals surface area (Å²) in [6.45, 7) is 10.4. The van der Waals surface area contributed by atoms with Gasteiger partial charge in [0.2, 0.25) is 0 Å². The lowest BCUT2D eigenvalue weighted by Crippen LogP contribution is -2.35. The third kappa shape index (κ3) is 5.21. The van der Waals surface area contributed by atoms with Crippen LogP contribution in [0.4, 0.5) is 10.5 Å². The van der Waals surface area contributed by atoms with Gasteiger partial charge in [0.25, 0.3) is 0 Å². The predicted molar refractivity (Wildman–Crippen MR) is 98.2 cm³/mol. The number of carbonyl (C=O) groups excluding carboxylic acids is 1. The lowest BCUT2D eigenvalue weighted by molar-refractivity contribution is -0.137. The second-order valence-electron chi connectivity index (χ2n) is 8.19. The van der Waals surface area contributed by atoms with E-state index in [9.17, 15) is 14.7 Å². The van der Waals surface area contributed by atoms with Crippen molar-refractivity contribution >= 4 is 17.7 Å². The lowest BCUT2D eigenvalue weighted by Gasteiger charge is -2.25. The molecule has 138 valence electrons. The molecule has 1 aliphatic rings. The van der Waals surface area contributed by atoms with Crippen molar-refractivity contribution in [1.82, 2.24) is 0 Å². The van der Waals surface area contributed by atoms with E-state index in [1.54, 1.807) is 4.90 Å². The monoisotopic (exact) mass is 347 g/mol. The zero-order valence-corrected chi connectivity index (χ0v) is 15.8. The summed E-state index contributed by atoms with van der Waals surface area (Å²) in [5.41, 5.74) is 2.48. The normalized spacial score (nSPS) is 15.2. The van der Waals surface area contributed by atoms with Crippen LogP contribution in [0.1, 0.15) is 64.5 Å². The van der Waals surface area contributed by atoms with Gasteiger partial charge in [0.15, 0.2) is 0 Å². The van der Waals surface area contributed by atoms with E-state index in [0.717, 1.165) is 29.7 Å². The molecule has 1 unspecified atom stereocenters. The van der Waals surface area contributed by atoms with E-state index >= 15 is 0 Å². The van der Waals surface area contributed by atoms with Crippen LogP contribution in [0.2, 0.25) is 0 Å². The lowest BCUT2D eigenvalue weighted by atomic mass is 9.87. The van der Waals surface area contributed by atoms with Gasteiger partial charge in [-0.15, -0.1) is 0 Å². The van der Waals surface area contributed by atoms with Crippen molar-refractivity contribution < 1.29 is 19.4 Å². The topological polar surface area (TPSA) is 66.8 Å². The summed E-state index contributed by atoms with van der Waals surface area (Å²) < 4.78 is 5.47. The largest absolute Gasteiger partial charge is 0.481 e. The molecular formula is C20H29NO4. The number of benzene rings is 1. The number of rotatable bonds is 5. The standard InChI is InChI=1S/C20H29NO4/c1-13(2)10-16(12-18(22)23)14-6-7-17-15(11-14)8-9-21(17)19(24)25-20(3,4)5/h6-7,11,13,16H,8-10,12H2,1-5H3,(H,22,23). The van der Waals surface area contributed by atoms with Crippen molar-refractivity contribution in [3.63, 3.8) is 0 Å². The Morgan fingerprint density at radius 3 is 2.52 bits per heavy atom. The molecule has 5 nitrogen and oxygen atoms in total. The average molecular weight is 347 g/mol. The minimum Gasteiger partial charge on any atom is -0.481 e. The van der Waals surface area contributed by atoms with Gasteiger partial charge < -0.3 is 9.84 Å². The Balaban J connectivity index is 2.22. The van der Waals surface area contributed by atoms with Crippen LogP contribution < -0.4 is 4.90 Å². The molecule has 1 N–H and O–H groups in total. The summed E-state index contributed by atoms with van der Waals surface area (Å²) in [6, 6.07) is 5.95. The zero-order chi connectivity index (χ0) is 18.8. The van der Waals surface area contributed by atoms with Gasteiger partial charge in [-0.1, -0.05) is 26.0 Å². The Morgan fingerprint density at radius 2 is 1.96 bits per heavy atom. The molecule has 0 spiro atoms. The second kappa shape index (κ2) is 7.46. The highest BCUT2D eigenvalue weighted by Gasteiger charge is 2.29. The van der Waals surface area contributed by atoms with E-state index in [1.807, 2.05) is 32.9 Å². The van der Waals surface area contributed by atoms with Crippen molar-refractivity contribution in [2.45, 2.75) is 65.4 Å². The average Bonchev–Trinajstić information content (AvgIpc) is 2.86. The number of fused-ring (bicyclic) bond motifs is 1. The maximum atomic E-state index is 12.4. The van der Waals surface area contributed by atoms with Crippen molar-refractivity contribution in [3.8, 4) is 0 Å². The number of nitrogens with zero attached hydrogens (tertiary/aromatic N) is 1. The molecule has 2 rings (SSSR count). The van der Waals surface area contributed by atoms with Crippen molar-refractivity contribution in [2.75, 3.05) is 11.4 Å². The molecule has 1 amide bonds. The minimum absolute atomic E-state index is 0.00150. The van der Waals surface area contributed by atoms with E-state index < -0.39 is 11.6 Å². The van der Waals surface area contributed by atoms with Gasteiger partial charge in [-0.05, 0) is 62.6 Å².